The molecule has 0 saturated carbocycles. The monoisotopic (exact) mass is 291 g/mol. The van der Waals surface area contributed by atoms with Crippen LogP contribution in [-0.4, -0.2) is 22.5 Å². The average Bonchev–Trinajstić information content (AvgIpc) is 2.48. The molecule has 0 aliphatic heterocycles. The van der Waals surface area contributed by atoms with Gasteiger partial charge in [0.15, 0.2) is 0 Å². The Kier molecular flexibility index (Phi) is 5.24. The van der Waals surface area contributed by atoms with Gasteiger partial charge in [-0.05, 0) is 25.0 Å². The topological polar surface area (TPSA) is 116 Å². The van der Waals surface area contributed by atoms with E-state index in [4.69, 9.17) is 5.26 Å². The molecule has 0 fully saturated rings. The number of carbonyl (C=O) groups is 1. The maximum Gasteiger partial charge on any atom is 0.311 e. The van der Waals surface area contributed by atoms with Crippen LogP contribution in [0.5, 0.6) is 0 Å². The molecule has 0 amide bonds. The van der Waals surface area contributed by atoms with Gasteiger partial charge in [0.25, 0.3) is 5.69 Å². The molecule has 7 nitrogen and oxygen atoms in total. The van der Waals surface area contributed by atoms with Crippen molar-refractivity contribution < 1.29 is 14.8 Å². The number of carboxylic acids is 1. The van der Waals surface area contributed by atoms with Crippen LogP contribution >= 0.6 is 0 Å². The van der Waals surface area contributed by atoms with Gasteiger partial charge < -0.3 is 10.4 Å². The van der Waals surface area contributed by atoms with E-state index >= 15 is 0 Å². The number of benzene rings is 1. The van der Waals surface area contributed by atoms with Crippen LogP contribution in [-0.2, 0) is 4.79 Å². The van der Waals surface area contributed by atoms with E-state index in [1.807, 2.05) is 0 Å². The molecule has 0 aromatic heterocycles. The number of rotatable bonds is 7. The molecular formula is C14H17N3O4. The Hall–Kier alpha value is -2.62. The van der Waals surface area contributed by atoms with Gasteiger partial charge in [0.05, 0.1) is 10.3 Å². The van der Waals surface area contributed by atoms with Crippen molar-refractivity contribution in [1.29, 1.82) is 5.26 Å². The van der Waals surface area contributed by atoms with Crippen molar-refractivity contribution in [2.75, 3.05) is 11.9 Å². The fourth-order valence-electron chi connectivity index (χ4n) is 2.04. The van der Waals surface area contributed by atoms with E-state index in [0.717, 1.165) is 0 Å². The summed E-state index contributed by atoms with van der Waals surface area (Å²) in [5.41, 5.74) is -0.726. The van der Waals surface area contributed by atoms with E-state index in [-0.39, 0.29) is 17.8 Å². The van der Waals surface area contributed by atoms with Crippen molar-refractivity contribution in [3.63, 3.8) is 0 Å². The van der Waals surface area contributed by atoms with Crippen molar-refractivity contribution in [2.45, 2.75) is 26.7 Å². The predicted octanol–water partition coefficient (Wildman–Crippen LogP) is 2.77. The zero-order valence-corrected chi connectivity index (χ0v) is 11.9. The number of nitriles is 1. The first-order valence-electron chi connectivity index (χ1n) is 6.56. The van der Waals surface area contributed by atoms with Crippen LogP contribution in [0.3, 0.4) is 0 Å². The quantitative estimate of drug-likeness (QED) is 0.589. The van der Waals surface area contributed by atoms with E-state index < -0.39 is 16.3 Å². The minimum Gasteiger partial charge on any atom is -0.481 e. The Morgan fingerprint density at radius 2 is 2.10 bits per heavy atom. The third kappa shape index (κ3) is 3.48. The van der Waals surface area contributed by atoms with Gasteiger partial charge in [0.2, 0.25) is 0 Å². The highest BCUT2D eigenvalue weighted by molar-refractivity contribution is 5.75. The van der Waals surface area contributed by atoms with Gasteiger partial charge in [-0.15, -0.1) is 0 Å². The second kappa shape index (κ2) is 6.70. The average molecular weight is 291 g/mol. The second-order valence-electron chi connectivity index (χ2n) is 4.75. The number of anilines is 1. The summed E-state index contributed by atoms with van der Waals surface area (Å²) in [5.74, 6) is -0.887. The van der Waals surface area contributed by atoms with Crippen LogP contribution in [0.1, 0.15) is 32.3 Å². The predicted molar refractivity (Wildman–Crippen MR) is 77.0 cm³/mol. The van der Waals surface area contributed by atoms with Gasteiger partial charge in [-0.1, -0.05) is 13.8 Å². The lowest BCUT2D eigenvalue weighted by Gasteiger charge is -2.27. The molecular weight excluding hydrogens is 274 g/mol. The molecule has 1 aromatic carbocycles. The van der Waals surface area contributed by atoms with Crippen LogP contribution in [0.15, 0.2) is 18.2 Å². The number of nitro groups is 1. The lowest BCUT2D eigenvalue weighted by Crippen LogP contribution is -2.36. The first-order valence-corrected chi connectivity index (χ1v) is 6.56. The van der Waals surface area contributed by atoms with Crippen LogP contribution in [0.2, 0.25) is 0 Å². The molecule has 7 heteroatoms. The maximum atomic E-state index is 11.4. The van der Waals surface area contributed by atoms with E-state index in [0.29, 0.717) is 18.5 Å². The molecule has 0 aliphatic carbocycles. The SMILES string of the molecule is CCC(CC)(CNc1ccc([N+](=O)[O-])c(C#N)c1)C(=O)O. The summed E-state index contributed by atoms with van der Waals surface area (Å²) in [7, 11) is 0. The van der Waals surface area contributed by atoms with Gasteiger partial charge in [-0.25, -0.2) is 0 Å². The summed E-state index contributed by atoms with van der Waals surface area (Å²) < 4.78 is 0. The smallest absolute Gasteiger partial charge is 0.311 e. The van der Waals surface area contributed by atoms with Gasteiger partial charge >= 0.3 is 5.97 Å². The Balaban J connectivity index is 2.97. The van der Waals surface area contributed by atoms with Gasteiger partial charge in [0, 0.05) is 18.3 Å². The third-order valence-corrected chi connectivity index (χ3v) is 3.75. The summed E-state index contributed by atoms with van der Waals surface area (Å²) in [5, 5.41) is 32.0. The highest BCUT2D eigenvalue weighted by Crippen LogP contribution is 2.28. The molecule has 0 radical (unpaired) electrons. The third-order valence-electron chi connectivity index (χ3n) is 3.75. The van der Waals surface area contributed by atoms with Crippen LogP contribution in [0.25, 0.3) is 0 Å². The number of aliphatic carboxylic acids is 1. The first kappa shape index (κ1) is 16.4. The minimum absolute atomic E-state index is 0.0566. The lowest BCUT2D eigenvalue weighted by atomic mass is 9.82. The van der Waals surface area contributed by atoms with Crippen molar-refractivity contribution in [3.8, 4) is 6.07 Å². The number of hydrogen-bond donors (Lipinski definition) is 2. The molecule has 0 saturated heterocycles. The number of nitrogens with zero attached hydrogens (tertiary/aromatic N) is 2. The van der Waals surface area contributed by atoms with Gasteiger partial charge in [-0.2, -0.15) is 5.26 Å². The molecule has 21 heavy (non-hydrogen) atoms. The summed E-state index contributed by atoms with van der Waals surface area (Å²) in [4.78, 5) is 21.5. The highest BCUT2D eigenvalue weighted by atomic mass is 16.6. The fraction of sp³-hybridized carbons (Fsp3) is 0.429. The normalized spacial score (nSPS) is 10.7. The van der Waals surface area contributed by atoms with Crippen molar-refractivity contribution in [1.82, 2.24) is 0 Å². The molecule has 0 aliphatic rings. The lowest BCUT2D eigenvalue weighted by molar-refractivity contribution is -0.385. The molecule has 0 heterocycles. The van der Waals surface area contributed by atoms with Crippen molar-refractivity contribution >= 4 is 17.3 Å². The molecule has 1 aromatic rings. The molecule has 0 bridgehead atoms. The van der Waals surface area contributed by atoms with E-state index in [1.165, 1.54) is 18.2 Å². The largest absolute Gasteiger partial charge is 0.481 e. The zero-order chi connectivity index (χ0) is 16.0. The molecule has 0 atom stereocenters. The number of carboxylic acid groups (broad SMARTS) is 1. The number of nitro benzene ring substituents is 1. The Bertz CT molecular complexity index is 588. The minimum atomic E-state index is -0.894. The standard InChI is InChI=1S/C14H17N3O4/c1-3-14(4-2,13(18)19)9-16-11-5-6-12(17(20)21)10(7-11)8-15/h5-7,16H,3-4,9H2,1-2H3,(H,18,19). The summed E-state index contributed by atoms with van der Waals surface area (Å²) >= 11 is 0. The van der Waals surface area contributed by atoms with Crippen molar-refractivity contribution in [2.24, 2.45) is 5.41 Å². The van der Waals surface area contributed by atoms with E-state index in [9.17, 15) is 20.0 Å². The van der Waals surface area contributed by atoms with E-state index in [1.54, 1.807) is 19.9 Å². The fourth-order valence-corrected chi connectivity index (χ4v) is 2.04. The number of hydrogen-bond acceptors (Lipinski definition) is 5. The van der Waals surface area contributed by atoms with Crippen molar-refractivity contribution in [3.05, 3.63) is 33.9 Å². The maximum absolute atomic E-state index is 11.4. The summed E-state index contributed by atoms with van der Waals surface area (Å²) in [6.07, 6.45) is 0.924. The first-order chi connectivity index (χ1) is 9.90. The van der Waals surface area contributed by atoms with Crippen LogP contribution in [0.4, 0.5) is 11.4 Å². The van der Waals surface area contributed by atoms with Crippen LogP contribution in [0, 0.1) is 26.9 Å². The zero-order valence-electron chi connectivity index (χ0n) is 11.9. The Labute approximate surface area is 122 Å². The highest BCUT2D eigenvalue weighted by Gasteiger charge is 2.34. The Morgan fingerprint density at radius 3 is 2.52 bits per heavy atom. The van der Waals surface area contributed by atoms with Gasteiger partial charge in [-0.3, -0.25) is 14.9 Å². The molecule has 112 valence electrons. The van der Waals surface area contributed by atoms with E-state index in [2.05, 4.69) is 5.32 Å². The van der Waals surface area contributed by atoms with Gasteiger partial charge in [0.1, 0.15) is 11.6 Å². The summed E-state index contributed by atoms with van der Waals surface area (Å²) in [6.45, 7) is 3.80. The molecule has 0 spiro atoms. The second-order valence-corrected chi connectivity index (χ2v) is 4.75. The number of nitrogens with one attached hydrogen (secondary N) is 1. The molecule has 0 unspecified atom stereocenters. The summed E-state index contributed by atoms with van der Waals surface area (Å²) in [6, 6.07) is 5.83. The van der Waals surface area contributed by atoms with Crippen LogP contribution < -0.4 is 5.32 Å². The Morgan fingerprint density at radius 1 is 1.48 bits per heavy atom. The molecule has 2 N–H and O–H groups in total. The molecule has 1 rings (SSSR count).